The summed E-state index contributed by atoms with van der Waals surface area (Å²) in [6, 6.07) is 5.62. The first kappa shape index (κ1) is 25.4. The number of benzene rings is 1. The molecule has 1 saturated heterocycles. The topological polar surface area (TPSA) is 90.4 Å². The summed E-state index contributed by atoms with van der Waals surface area (Å²) in [4.78, 5) is 36.9. The lowest BCUT2D eigenvalue weighted by atomic mass is 10.1. The van der Waals surface area contributed by atoms with Crippen LogP contribution in [0.4, 0.5) is 20.6 Å². The van der Waals surface area contributed by atoms with Gasteiger partial charge < -0.3 is 20.0 Å². The van der Waals surface area contributed by atoms with Crippen LogP contribution < -0.4 is 10.2 Å². The van der Waals surface area contributed by atoms with Crippen LogP contribution in [0, 0.1) is 5.82 Å². The standard InChI is InChI=1S/C25H29FN8OS2/c1-4-32-9-11-34(12-10-32)22(35)19-15-36-24(28-19)31-23-27-14-17(26)21(30-23)16-7-8-18-20(13-16)37-25(29-18)33(5-2)6-3/h7-8,13-15H,4-6,9-12H2,1-3H3,(H,27,28,30,31). The summed E-state index contributed by atoms with van der Waals surface area (Å²) in [6.07, 6.45) is 1.15. The van der Waals surface area contributed by atoms with Gasteiger partial charge in [0, 0.05) is 50.2 Å². The van der Waals surface area contributed by atoms with Gasteiger partial charge in [0.25, 0.3) is 5.91 Å². The number of aromatic nitrogens is 4. The fourth-order valence-corrected chi connectivity index (χ4v) is 6.08. The Hall–Kier alpha value is -3.22. The van der Waals surface area contributed by atoms with Gasteiger partial charge in [0.05, 0.1) is 16.4 Å². The average Bonchev–Trinajstić information content (AvgIpc) is 3.57. The molecule has 1 fully saturated rings. The molecule has 1 aromatic carbocycles. The van der Waals surface area contributed by atoms with E-state index in [4.69, 9.17) is 4.98 Å². The number of halogens is 1. The van der Waals surface area contributed by atoms with E-state index in [0.717, 1.165) is 54.3 Å². The number of anilines is 3. The van der Waals surface area contributed by atoms with Gasteiger partial charge in [0.2, 0.25) is 5.95 Å². The van der Waals surface area contributed by atoms with E-state index in [2.05, 4.69) is 50.8 Å². The van der Waals surface area contributed by atoms with Crippen LogP contribution in [0.5, 0.6) is 0 Å². The highest BCUT2D eigenvalue weighted by molar-refractivity contribution is 7.22. The number of carbonyl (C=O) groups excluding carboxylic acids is 1. The lowest BCUT2D eigenvalue weighted by molar-refractivity contribution is 0.0638. The van der Waals surface area contributed by atoms with Crippen LogP contribution in [0.1, 0.15) is 31.3 Å². The largest absolute Gasteiger partial charge is 0.349 e. The number of likely N-dealkylation sites (N-methyl/N-ethyl adjacent to an activating group) is 1. The molecule has 12 heteroatoms. The third kappa shape index (κ3) is 5.41. The van der Waals surface area contributed by atoms with Crippen molar-refractivity contribution in [3.63, 3.8) is 0 Å². The van der Waals surface area contributed by atoms with Crippen LogP contribution >= 0.6 is 22.7 Å². The molecule has 1 N–H and O–H groups in total. The molecule has 37 heavy (non-hydrogen) atoms. The number of hydrogen-bond donors (Lipinski definition) is 1. The van der Waals surface area contributed by atoms with Crippen LogP contribution in [-0.4, -0.2) is 81.5 Å². The molecule has 194 valence electrons. The average molecular weight is 541 g/mol. The van der Waals surface area contributed by atoms with Gasteiger partial charge in [-0.25, -0.2) is 24.3 Å². The molecular weight excluding hydrogens is 511 g/mol. The molecule has 0 radical (unpaired) electrons. The molecular formula is C25H29FN8OS2. The summed E-state index contributed by atoms with van der Waals surface area (Å²) in [5.74, 6) is -0.378. The van der Waals surface area contributed by atoms with Gasteiger partial charge in [0.1, 0.15) is 11.4 Å². The van der Waals surface area contributed by atoms with E-state index in [1.54, 1.807) is 16.7 Å². The normalized spacial score (nSPS) is 14.3. The number of fused-ring (bicyclic) bond motifs is 1. The molecule has 3 aromatic heterocycles. The van der Waals surface area contributed by atoms with Gasteiger partial charge in [-0.05, 0) is 32.5 Å². The van der Waals surface area contributed by atoms with Crippen LogP contribution in [0.2, 0.25) is 0 Å². The predicted molar refractivity (Wildman–Crippen MR) is 148 cm³/mol. The zero-order valence-corrected chi connectivity index (χ0v) is 22.7. The third-order valence-corrected chi connectivity index (χ3v) is 8.31. The number of nitrogens with zero attached hydrogens (tertiary/aromatic N) is 7. The van der Waals surface area contributed by atoms with Crippen LogP contribution in [0.25, 0.3) is 21.5 Å². The first-order valence-electron chi connectivity index (χ1n) is 12.4. The van der Waals surface area contributed by atoms with E-state index >= 15 is 0 Å². The van der Waals surface area contributed by atoms with Crippen molar-refractivity contribution < 1.29 is 9.18 Å². The summed E-state index contributed by atoms with van der Waals surface area (Å²) < 4.78 is 15.7. The fraction of sp³-hybridized carbons (Fsp3) is 0.400. The molecule has 1 aliphatic rings. The smallest absolute Gasteiger partial charge is 0.273 e. The summed E-state index contributed by atoms with van der Waals surface area (Å²) in [7, 11) is 0. The molecule has 1 aliphatic heterocycles. The number of hydrogen-bond acceptors (Lipinski definition) is 10. The molecule has 1 amide bonds. The quantitative estimate of drug-likeness (QED) is 0.344. The molecule has 0 saturated carbocycles. The molecule has 0 spiro atoms. The summed E-state index contributed by atoms with van der Waals surface area (Å²) >= 11 is 2.87. The van der Waals surface area contributed by atoms with Crippen molar-refractivity contribution in [1.82, 2.24) is 29.7 Å². The predicted octanol–water partition coefficient (Wildman–Crippen LogP) is 4.72. The minimum Gasteiger partial charge on any atom is -0.349 e. The number of carbonyl (C=O) groups is 1. The molecule has 0 atom stereocenters. The Balaban J connectivity index is 1.33. The van der Waals surface area contributed by atoms with Crippen molar-refractivity contribution in [2.45, 2.75) is 20.8 Å². The van der Waals surface area contributed by atoms with Crippen LogP contribution in [0.3, 0.4) is 0 Å². The Labute approximate surface area is 223 Å². The van der Waals surface area contributed by atoms with Gasteiger partial charge >= 0.3 is 0 Å². The highest BCUT2D eigenvalue weighted by Crippen LogP contribution is 2.33. The fourth-order valence-electron chi connectivity index (χ4n) is 4.27. The minimum atomic E-state index is -0.514. The van der Waals surface area contributed by atoms with Crippen LogP contribution in [-0.2, 0) is 0 Å². The lowest BCUT2D eigenvalue weighted by Crippen LogP contribution is -2.48. The van der Waals surface area contributed by atoms with E-state index < -0.39 is 5.82 Å². The van der Waals surface area contributed by atoms with Gasteiger partial charge in [0.15, 0.2) is 16.1 Å². The summed E-state index contributed by atoms with van der Waals surface area (Å²) in [6.45, 7) is 12.2. The Morgan fingerprint density at radius 2 is 1.89 bits per heavy atom. The second-order valence-electron chi connectivity index (χ2n) is 8.63. The highest BCUT2D eigenvalue weighted by atomic mass is 32.1. The maximum Gasteiger partial charge on any atom is 0.273 e. The van der Waals surface area contributed by atoms with Crippen molar-refractivity contribution in [3.05, 3.63) is 41.3 Å². The highest BCUT2D eigenvalue weighted by Gasteiger charge is 2.23. The van der Waals surface area contributed by atoms with Crippen molar-refractivity contribution >= 4 is 55.0 Å². The number of rotatable bonds is 8. The van der Waals surface area contributed by atoms with Gasteiger partial charge in [-0.2, -0.15) is 0 Å². The zero-order valence-electron chi connectivity index (χ0n) is 21.1. The van der Waals surface area contributed by atoms with E-state index in [1.807, 2.05) is 23.1 Å². The molecule has 4 heterocycles. The van der Waals surface area contributed by atoms with E-state index in [9.17, 15) is 9.18 Å². The van der Waals surface area contributed by atoms with Gasteiger partial charge in [-0.15, -0.1) is 11.3 Å². The molecule has 0 aliphatic carbocycles. The van der Waals surface area contributed by atoms with E-state index in [-0.39, 0.29) is 17.5 Å². The van der Waals surface area contributed by atoms with Crippen LogP contribution in [0.15, 0.2) is 29.8 Å². The second kappa shape index (κ2) is 11.0. The van der Waals surface area contributed by atoms with E-state index in [1.165, 1.54) is 11.3 Å². The Morgan fingerprint density at radius 3 is 2.62 bits per heavy atom. The van der Waals surface area contributed by atoms with Gasteiger partial charge in [-0.3, -0.25) is 4.79 Å². The SMILES string of the molecule is CCN1CCN(C(=O)c2csc(Nc3ncc(F)c(-c4ccc5nc(N(CC)CC)sc5c4)n3)n2)CC1. The summed E-state index contributed by atoms with van der Waals surface area (Å²) in [5, 5.41) is 6.19. The maximum absolute atomic E-state index is 14.8. The molecule has 0 unspecified atom stereocenters. The third-order valence-electron chi connectivity index (χ3n) is 6.48. The number of thiazole rings is 2. The van der Waals surface area contributed by atoms with Crippen molar-refractivity contribution in [2.75, 3.05) is 56.0 Å². The molecule has 9 nitrogen and oxygen atoms in total. The Kier molecular flexibility index (Phi) is 7.58. The van der Waals surface area contributed by atoms with Crippen molar-refractivity contribution in [1.29, 1.82) is 0 Å². The minimum absolute atomic E-state index is 0.0808. The summed E-state index contributed by atoms with van der Waals surface area (Å²) in [5.41, 5.74) is 2.10. The molecule has 5 rings (SSSR count). The van der Waals surface area contributed by atoms with Crippen molar-refractivity contribution in [2.24, 2.45) is 0 Å². The first-order chi connectivity index (χ1) is 18.0. The first-order valence-corrected chi connectivity index (χ1v) is 14.1. The second-order valence-corrected chi connectivity index (χ2v) is 10.5. The number of piperazine rings is 1. The monoisotopic (exact) mass is 540 g/mol. The number of nitrogens with one attached hydrogen (secondary N) is 1. The Bertz CT molecular complexity index is 1390. The zero-order chi connectivity index (χ0) is 25.9. The number of amides is 1. The van der Waals surface area contributed by atoms with E-state index in [0.29, 0.717) is 29.5 Å². The van der Waals surface area contributed by atoms with Gasteiger partial charge in [-0.1, -0.05) is 24.3 Å². The lowest BCUT2D eigenvalue weighted by Gasteiger charge is -2.33. The maximum atomic E-state index is 14.8. The molecule has 0 bridgehead atoms. The Morgan fingerprint density at radius 1 is 1.11 bits per heavy atom. The molecule has 4 aromatic rings. The van der Waals surface area contributed by atoms with Crippen molar-refractivity contribution in [3.8, 4) is 11.3 Å².